The third kappa shape index (κ3) is 3.38. The lowest BCUT2D eigenvalue weighted by molar-refractivity contribution is 0.0167. The van der Waals surface area contributed by atoms with E-state index in [4.69, 9.17) is 11.5 Å². The number of carbonyl (C=O) groups is 1. The summed E-state index contributed by atoms with van der Waals surface area (Å²) in [4.78, 5) is 11.1. The van der Waals surface area contributed by atoms with Gasteiger partial charge in [0, 0.05) is 12.1 Å². The molecule has 5 nitrogen and oxygen atoms in total. The molecule has 0 heterocycles. The minimum absolute atomic E-state index is 0.410. The summed E-state index contributed by atoms with van der Waals surface area (Å²) in [6, 6.07) is 4.87. The van der Waals surface area contributed by atoms with Crippen molar-refractivity contribution in [2.24, 2.45) is 5.73 Å². The molecule has 0 bridgehead atoms. The quantitative estimate of drug-likeness (QED) is 0.618. The predicted molar refractivity (Wildman–Crippen MR) is 75.9 cm³/mol. The lowest BCUT2D eigenvalue weighted by Crippen LogP contribution is -2.38. The summed E-state index contributed by atoms with van der Waals surface area (Å²) in [7, 11) is 0. The molecule has 0 saturated heterocycles. The number of nitrogen functional groups attached to an aromatic ring is 1. The van der Waals surface area contributed by atoms with Crippen molar-refractivity contribution in [2.75, 3.05) is 17.6 Å². The Bertz CT molecular complexity index is 468. The van der Waals surface area contributed by atoms with Crippen molar-refractivity contribution in [3.05, 3.63) is 23.8 Å². The van der Waals surface area contributed by atoms with Crippen molar-refractivity contribution in [3.8, 4) is 0 Å². The zero-order chi connectivity index (χ0) is 13.9. The van der Waals surface area contributed by atoms with Crippen molar-refractivity contribution >= 4 is 17.3 Å². The van der Waals surface area contributed by atoms with Gasteiger partial charge in [0.15, 0.2) is 0 Å². The van der Waals surface area contributed by atoms with E-state index in [1.165, 1.54) is 6.42 Å². The van der Waals surface area contributed by atoms with Crippen LogP contribution in [0.1, 0.15) is 42.5 Å². The highest BCUT2D eigenvalue weighted by atomic mass is 16.3. The number of primary amides is 1. The second kappa shape index (κ2) is 5.48. The van der Waals surface area contributed by atoms with Crippen molar-refractivity contribution in [1.82, 2.24) is 0 Å². The van der Waals surface area contributed by atoms with Crippen LogP contribution in [0.5, 0.6) is 0 Å². The van der Waals surface area contributed by atoms with E-state index in [1.807, 2.05) is 0 Å². The molecule has 1 saturated carbocycles. The molecule has 0 atom stereocenters. The molecular formula is C14H21N3O2. The van der Waals surface area contributed by atoms with Crippen LogP contribution < -0.4 is 16.8 Å². The first-order valence-corrected chi connectivity index (χ1v) is 6.66. The second-order valence-corrected chi connectivity index (χ2v) is 5.30. The molecule has 104 valence electrons. The zero-order valence-corrected chi connectivity index (χ0v) is 11.0. The molecule has 19 heavy (non-hydrogen) atoms. The molecule has 1 amide bonds. The smallest absolute Gasteiger partial charge is 0.248 e. The van der Waals surface area contributed by atoms with Crippen LogP contribution in [0.25, 0.3) is 0 Å². The van der Waals surface area contributed by atoms with Gasteiger partial charge in [-0.15, -0.1) is 0 Å². The van der Waals surface area contributed by atoms with Gasteiger partial charge >= 0.3 is 0 Å². The molecular weight excluding hydrogens is 242 g/mol. The number of anilines is 2. The predicted octanol–water partition coefficient (Wildman–Crippen LogP) is 1.47. The maximum Gasteiger partial charge on any atom is 0.248 e. The molecule has 1 aliphatic rings. The molecule has 2 rings (SSSR count). The Morgan fingerprint density at radius 1 is 1.32 bits per heavy atom. The van der Waals surface area contributed by atoms with Crippen molar-refractivity contribution in [3.63, 3.8) is 0 Å². The van der Waals surface area contributed by atoms with Crippen LogP contribution in [0.3, 0.4) is 0 Å². The average molecular weight is 263 g/mol. The first-order chi connectivity index (χ1) is 9.00. The van der Waals surface area contributed by atoms with E-state index in [9.17, 15) is 9.90 Å². The third-order valence-corrected chi connectivity index (χ3v) is 3.73. The van der Waals surface area contributed by atoms with E-state index in [1.54, 1.807) is 18.2 Å². The number of carbonyl (C=O) groups excluding carboxylic acids is 1. The van der Waals surface area contributed by atoms with Crippen LogP contribution in [0, 0.1) is 0 Å². The average Bonchev–Trinajstić information content (AvgIpc) is 2.38. The Labute approximate surface area is 113 Å². The zero-order valence-electron chi connectivity index (χ0n) is 11.0. The van der Waals surface area contributed by atoms with E-state index in [0.717, 1.165) is 25.7 Å². The molecule has 0 aliphatic heterocycles. The summed E-state index contributed by atoms with van der Waals surface area (Å²) in [5, 5.41) is 13.5. The number of rotatable bonds is 4. The Morgan fingerprint density at radius 3 is 2.63 bits per heavy atom. The molecule has 0 spiro atoms. The first-order valence-electron chi connectivity index (χ1n) is 6.66. The van der Waals surface area contributed by atoms with E-state index >= 15 is 0 Å². The summed E-state index contributed by atoms with van der Waals surface area (Å²) < 4.78 is 0. The van der Waals surface area contributed by atoms with Crippen LogP contribution >= 0.6 is 0 Å². The van der Waals surface area contributed by atoms with E-state index in [-0.39, 0.29) is 0 Å². The van der Waals surface area contributed by atoms with Gasteiger partial charge in [0.05, 0.1) is 17.0 Å². The molecule has 6 N–H and O–H groups in total. The summed E-state index contributed by atoms with van der Waals surface area (Å²) in [6.07, 6.45) is 4.89. The number of aliphatic hydroxyl groups is 1. The first kappa shape index (κ1) is 13.7. The molecule has 1 fully saturated rings. The number of hydrogen-bond acceptors (Lipinski definition) is 4. The highest BCUT2D eigenvalue weighted by molar-refractivity contribution is 5.94. The van der Waals surface area contributed by atoms with Crippen LogP contribution in [-0.4, -0.2) is 23.2 Å². The number of amides is 1. The van der Waals surface area contributed by atoms with Gasteiger partial charge in [-0.05, 0) is 31.0 Å². The molecule has 5 heteroatoms. The molecule has 1 aromatic carbocycles. The SMILES string of the molecule is NC(=O)c1ccc(N)c(NCC2(O)CCCCC2)c1. The van der Waals surface area contributed by atoms with Crippen LogP contribution in [0.15, 0.2) is 18.2 Å². The third-order valence-electron chi connectivity index (χ3n) is 3.73. The Hall–Kier alpha value is -1.75. The van der Waals surface area contributed by atoms with Gasteiger partial charge in [-0.3, -0.25) is 4.79 Å². The fourth-order valence-electron chi connectivity index (χ4n) is 2.51. The number of nitrogens with two attached hydrogens (primary N) is 2. The largest absolute Gasteiger partial charge is 0.397 e. The Kier molecular flexibility index (Phi) is 3.95. The standard InChI is InChI=1S/C14H21N3O2/c15-11-5-4-10(13(16)18)8-12(11)17-9-14(19)6-2-1-3-7-14/h4-5,8,17,19H,1-3,6-7,9,15H2,(H2,16,18). The normalized spacial score (nSPS) is 17.9. The van der Waals surface area contributed by atoms with Crippen LogP contribution in [0.4, 0.5) is 11.4 Å². The van der Waals surface area contributed by atoms with Gasteiger partial charge in [0.2, 0.25) is 5.91 Å². The maximum atomic E-state index is 11.1. The fraction of sp³-hybridized carbons (Fsp3) is 0.500. The molecule has 1 aliphatic carbocycles. The monoisotopic (exact) mass is 263 g/mol. The highest BCUT2D eigenvalue weighted by Gasteiger charge is 2.28. The minimum atomic E-state index is -0.673. The number of hydrogen-bond donors (Lipinski definition) is 4. The summed E-state index contributed by atoms with van der Waals surface area (Å²) in [5.74, 6) is -0.487. The van der Waals surface area contributed by atoms with Crippen LogP contribution in [0.2, 0.25) is 0 Å². The number of benzene rings is 1. The molecule has 0 radical (unpaired) electrons. The fourth-order valence-corrected chi connectivity index (χ4v) is 2.51. The topological polar surface area (TPSA) is 101 Å². The molecule has 1 aromatic rings. The molecule has 0 aromatic heterocycles. The Morgan fingerprint density at radius 2 is 2.00 bits per heavy atom. The maximum absolute atomic E-state index is 11.1. The van der Waals surface area contributed by atoms with Gasteiger partial charge in [0.1, 0.15) is 0 Å². The van der Waals surface area contributed by atoms with Gasteiger partial charge in [-0.1, -0.05) is 19.3 Å². The minimum Gasteiger partial charge on any atom is -0.397 e. The van der Waals surface area contributed by atoms with E-state index < -0.39 is 11.5 Å². The van der Waals surface area contributed by atoms with E-state index in [2.05, 4.69) is 5.32 Å². The van der Waals surface area contributed by atoms with Crippen molar-refractivity contribution < 1.29 is 9.90 Å². The van der Waals surface area contributed by atoms with Crippen LogP contribution in [-0.2, 0) is 0 Å². The summed E-state index contributed by atoms with van der Waals surface area (Å²) in [5.41, 5.74) is 12.0. The van der Waals surface area contributed by atoms with Crippen molar-refractivity contribution in [1.29, 1.82) is 0 Å². The Balaban J connectivity index is 2.06. The van der Waals surface area contributed by atoms with E-state index in [0.29, 0.717) is 23.5 Å². The lowest BCUT2D eigenvalue weighted by Gasteiger charge is -2.32. The van der Waals surface area contributed by atoms with Gasteiger partial charge in [-0.2, -0.15) is 0 Å². The van der Waals surface area contributed by atoms with Crippen molar-refractivity contribution in [2.45, 2.75) is 37.7 Å². The lowest BCUT2D eigenvalue weighted by atomic mass is 9.85. The number of nitrogens with one attached hydrogen (secondary N) is 1. The van der Waals surface area contributed by atoms with Gasteiger partial charge in [-0.25, -0.2) is 0 Å². The van der Waals surface area contributed by atoms with Gasteiger partial charge < -0.3 is 21.9 Å². The van der Waals surface area contributed by atoms with Gasteiger partial charge in [0.25, 0.3) is 0 Å². The molecule has 0 unspecified atom stereocenters. The summed E-state index contributed by atoms with van der Waals surface area (Å²) in [6.45, 7) is 0.444. The second-order valence-electron chi connectivity index (χ2n) is 5.30. The summed E-state index contributed by atoms with van der Waals surface area (Å²) >= 11 is 0. The highest BCUT2D eigenvalue weighted by Crippen LogP contribution is 2.29.